The third kappa shape index (κ3) is 2.35. The fourth-order valence-electron chi connectivity index (χ4n) is 2.12. The van der Waals surface area contributed by atoms with Gasteiger partial charge in [0, 0.05) is 25.7 Å². The first kappa shape index (κ1) is 12.6. The molecule has 2 N–H and O–H groups in total. The molecule has 18 heavy (non-hydrogen) atoms. The summed E-state index contributed by atoms with van der Waals surface area (Å²) in [5, 5.41) is 21.6. The molecule has 0 aliphatic carbocycles. The average Bonchev–Trinajstić information content (AvgIpc) is 2.83. The van der Waals surface area contributed by atoms with Crippen molar-refractivity contribution in [1.82, 2.24) is 10.2 Å². The number of benzene rings is 1. The van der Waals surface area contributed by atoms with Gasteiger partial charge >= 0.3 is 0 Å². The first-order valence-electron chi connectivity index (χ1n) is 5.79. The Labute approximate surface area is 106 Å². The molecule has 2 rings (SSSR count). The van der Waals surface area contributed by atoms with Crippen LogP contribution in [0.3, 0.4) is 0 Å². The van der Waals surface area contributed by atoms with Crippen LogP contribution in [-0.4, -0.2) is 48.2 Å². The van der Waals surface area contributed by atoms with Gasteiger partial charge < -0.3 is 15.3 Å². The summed E-state index contributed by atoms with van der Waals surface area (Å²) in [6, 6.07) is 8.36. The Balaban J connectivity index is 2.17. The maximum absolute atomic E-state index is 12.2. The van der Waals surface area contributed by atoms with E-state index in [1.54, 1.807) is 31.3 Å². The highest BCUT2D eigenvalue weighted by atomic mass is 16.3. The first-order valence-corrected chi connectivity index (χ1v) is 5.79. The van der Waals surface area contributed by atoms with Crippen molar-refractivity contribution >= 4 is 5.91 Å². The number of aliphatic hydroxyl groups is 1. The number of rotatable bonds is 2. The second kappa shape index (κ2) is 5.17. The summed E-state index contributed by atoms with van der Waals surface area (Å²) in [5.41, 5.74) is 0.926. The van der Waals surface area contributed by atoms with Gasteiger partial charge in [-0.1, -0.05) is 6.07 Å². The third-order valence-electron chi connectivity index (χ3n) is 3.21. The van der Waals surface area contributed by atoms with E-state index in [0.29, 0.717) is 24.2 Å². The van der Waals surface area contributed by atoms with Crippen molar-refractivity contribution in [3.63, 3.8) is 0 Å². The van der Waals surface area contributed by atoms with Gasteiger partial charge in [0.25, 0.3) is 5.91 Å². The maximum atomic E-state index is 12.2. The van der Waals surface area contributed by atoms with Gasteiger partial charge in [-0.25, -0.2) is 0 Å². The number of hydrogen-bond donors (Lipinski definition) is 2. The first-order chi connectivity index (χ1) is 8.63. The number of nitrogens with one attached hydrogen (secondary N) is 1. The molecule has 0 aromatic heterocycles. The number of carbonyl (C=O) groups is 1. The van der Waals surface area contributed by atoms with E-state index in [0.717, 1.165) is 0 Å². The van der Waals surface area contributed by atoms with E-state index in [-0.39, 0.29) is 11.9 Å². The van der Waals surface area contributed by atoms with Crippen LogP contribution in [0, 0.1) is 11.3 Å². The van der Waals surface area contributed by atoms with Crippen LogP contribution in [0.5, 0.6) is 0 Å². The minimum absolute atomic E-state index is 0.181. The van der Waals surface area contributed by atoms with Gasteiger partial charge in [-0.2, -0.15) is 5.26 Å². The van der Waals surface area contributed by atoms with Gasteiger partial charge in [-0.15, -0.1) is 0 Å². The molecule has 1 aliphatic rings. The quantitative estimate of drug-likeness (QED) is 0.766. The molecule has 2 atom stereocenters. The van der Waals surface area contributed by atoms with Crippen LogP contribution in [0.25, 0.3) is 0 Å². The van der Waals surface area contributed by atoms with Gasteiger partial charge in [0.1, 0.15) is 0 Å². The molecule has 0 bridgehead atoms. The highest BCUT2D eigenvalue weighted by Crippen LogP contribution is 2.13. The molecule has 1 aromatic carbocycles. The van der Waals surface area contributed by atoms with Crippen molar-refractivity contribution in [2.24, 2.45) is 0 Å². The molecule has 1 heterocycles. The lowest BCUT2D eigenvalue weighted by molar-refractivity contribution is 0.0581. The number of nitriles is 1. The number of aliphatic hydroxyl groups excluding tert-OH is 1. The fraction of sp³-hybridized carbons (Fsp3) is 0.385. The third-order valence-corrected chi connectivity index (χ3v) is 3.21. The number of nitrogens with zero attached hydrogens (tertiary/aromatic N) is 2. The highest BCUT2D eigenvalue weighted by Gasteiger charge is 2.31. The summed E-state index contributed by atoms with van der Waals surface area (Å²) in [6.07, 6.45) is -0.543. The largest absolute Gasteiger partial charge is 0.390 e. The molecule has 0 unspecified atom stereocenters. The van der Waals surface area contributed by atoms with Crippen LogP contribution in [0.2, 0.25) is 0 Å². The van der Waals surface area contributed by atoms with Crippen molar-refractivity contribution in [2.45, 2.75) is 12.1 Å². The Bertz CT molecular complexity index is 495. The van der Waals surface area contributed by atoms with E-state index in [9.17, 15) is 9.90 Å². The molecule has 1 amide bonds. The van der Waals surface area contributed by atoms with E-state index in [1.807, 2.05) is 6.07 Å². The lowest BCUT2D eigenvalue weighted by atomic mass is 10.1. The molecule has 1 aromatic rings. The van der Waals surface area contributed by atoms with Crippen molar-refractivity contribution in [2.75, 3.05) is 20.1 Å². The molecule has 1 aliphatic heterocycles. The number of carbonyl (C=O) groups excluding carboxylic acids is 1. The summed E-state index contributed by atoms with van der Waals surface area (Å²) in [7, 11) is 1.67. The second-order valence-corrected chi connectivity index (χ2v) is 4.40. The van der Waals surface area contributed by atoms with E-state index >= 15 is 0 Å². The summed E-state index contributed by atoms with van der Waals surface area (Å²) in [4.78, 5) is 13.8. The van der Waals surface area contributed by atoms with E-state index < -0.39 is 6.10 Å². The van der Waals surface area contributed by atoms with Crippen LogP contribution in [0.4, 0.5) is 0 Å². The number of hydrogen-bond acceptors (Lipinski definition) is 4. The molecule has 0 spiro atoms. The monoisotopic (exact) mass is 245 g/mol. The molecule has 0 saturated carbocycles. The van der Waals surface area contributed by atoms with E-state index in [2.05, 4.69) is 5.32 Å². The van der Waals surface area contributed by atoms with Crippen LogP contribution in [0.1, 0.15) is 15.9 Å². The van der Waals surface area contributed by atoms with E-state index in [4.69, 9.17) is 5.26 Å². The van der Waals surface area contributed by atoms with Crippen LogP contribution in [-0.2, 0) is 0 Å². The molecule has 1 saturated heterocycles. The SMILES string of the molecule is CN(C(=O)c1cccc(C#N)c1)[C@@H]1CNC[C@H]1O. The summed E-state index contributed by atoms with van der Waals surface area (Å²) < 4.78 is 0. The lowest BCUT2D eigenvalue weighted by Gasteiger charge is -2.26. The Morgan fingerprint density at radius 2 is 2.33 bits per heavy atom. The number of β-amino-alcohol motifs (C(OH)–C–C–N with tert-alkyl or cyclic N) is 1. The number of likely N-dealkylation sites (N-methyl/N-ethyl adjacent to an activating group) is 1. The Kier molecular flexibility index (Phi) is 3.60. The molecular formula is C13H15N3O2. The average molecular weight is 245 g/mol. The standard InChI is InChI=1S/C13H15N3O2/c1-16(11-7-15-8-12(11)17)13(18)10-4-2-3-9(5-10)6-14/h2-5,11-12,15,17H,7-8H2,1H3/t11-,12-/m1/s1. The summed E-state index contributed by atoms with van der Waals surface area (Å²) >= 11 is 0. The van der Waals surface area contributed by atoms with Crippen molar-refractivity contribution in [3.8, 4) is 6.07 Å². The van der Waals surface area contributed by atoms with Gasteiger partial charge in [0.2, 0.25) is 0 Å². The zero-order valence-electron chi connectivity index (χ0n) is 10.1. The molecule has 1 fully saturated rings. The van der Waals surface area contributed by atoms with Crippen LogP contribution in [0.15, 0.2) is 24.3 Å². The zero-order chi connectivity index (χ0) is 13.1. The Morgan fingerprint density at radius 1 is 1.56 bits per heavy atom. The van der Waals surface area contributed by atoms with Gasteiger partial charge in [-0.3, -0.25) is 4.79 Å². The molecular weight excluding hydrogens is 230 g/mol. The normalized spacial score (nSPS) is 22.5. The van der Waals surface area contributed by atoms with Crippen LogP contribution >= 0.6 is 0 Å². The van der Waals surface area contributed by atoms with E-state index in [1.165, 1.54) is 4.90 Å². The van der Waals surface area contributed by atoms with Gasteiger partial charge in [-0.05, 0) is 18.2 Å². The smallest absolute Gasteiger partial charge is 0.254 e. The van der Waals surface area contributed by atoms with Crippen molar-refractivity contribution < 1.29 is 9.90 Å². The second-order valence-electron chi connectivity index (χ2n) is 4.40. The molecule has 94 valence electrons. The lowest BCUT2D eigenvalue weighted by Crippen LogP contribution is -2.44. The highest BCUT2D eigenvalue weighted by molar-refractivity contribution is 5.94. The zero-order valence-corrected chi connectivity index (χ0v) is 10.1. The minimum Gasteiger partial charge on any atom is -0.390 e. The predicted octanol–water partition coefficient (Wildman–Crippen LogP) is -0.0370. The Hall–Kier alpha value is -1.90. The summed E-state index contributed by atoms with van der Waals surface area (Å²) in [6.45, 7) is 1.09. The van der Waals surface area contributed by atoms with Gasteiger partial charge in [0.05, 0.1) is 23.8 Å². The Morgan fingerprint density at radius 3 is 2.94 bits per heavy atom. The van der Waals surface area contributed by atoms with Gasteiger partial charge in [0.15, 0.2) is 0 Å². The minimum atomic E-state index is -0.543. The van der Waals surface area contributed by atoms with Crippen molar-refractivity contribution in [3.05, 3.63) is 35.4 Å². The fourth-order valence-corrected chi connectivity index (χ4v) is 2.12. The topological polar surface area (TPSA) is 76.4 Å². The molecule has 0 radical (unpaired) electrons. The van der Waals surface area contributed by atoms with Crippen LogP contribution < -0.4 is 5.32 Å². The predicted molar refractivity (Wildman–Crippen MR) is 65.9 cm³/mol. The summed E-state index contributed by atoms with van der Waals surface area (Å²) in [5.74, 6) is -0.181. The number of amides is 1. The molecule has 5 heteroatoms. The van der Waals surface area contributed by atoms with Crippen molar-refractivity contribution in [1.29, 1.82) is 5.26 Å². The molecule has 5 nitrogen and oxygen atoms in total. The maximum Gasteiger partial charge on any atom is 0.254 e.